The van der Waals surface area contributed by atoms with Gasteiger partial charge >= 0.3 is 0 Å². The number of ether oxygens (including phenoxy) is 4. The quantitative estimate of drug-likeness (QED) is 0.591. The minimum Gasteiger partial charge on any atom is -0.493 e. The van der Waals surface area contributed by atoms with Crippen molar-refractivity contribution in [2.75, 3.05) is 33.5 Å². The van der Waals surface area contributed by atoms with Crippen LogP contribution in [0.3, 0.4) is 0 Å². The highest BCUT2D eigenvalue weighted by Gasteiger charge is 2.23. The number of nitrogens with zero attached hydrogens (tertiary/aromatic N) is 2. The van der Waals surface area contributed by atoms with Crippen LogP contribution in [0.4, 0.5) is 0 Å². The van der Waals surface area contributed by atoms with Crippen LogP contribution in [0.25, 0.3) is 22.2 Å². The van der Waals surface area contributed by atoms with Gasteiger partial charge in [-0.05, 0) is 36.4 Å². The van der Waals surface area contributed by atoms with E-state index in [1.54, 1.807) is 13.3 Å². The maximum Gasteiger partial charge on any atom is 0.223 e. The Labute approximate surface area is 192 Å². The molecule has 5 rings (SSSR count). The molecule has 1 amide bonds. The molecule has 0 aliphatic carbocycles. The summed E-state index contributed by atoms with van der Waals surface area (Å²) in [7, 11) is 1.64. The highest BCUT2D eigenvalue weighted by Crippen LogP contribution is 2.35. The van der Waals surface area contributed by atoms with Crippen LogP contribution < -0.4 is 19.5 Å². The maximum absolute atomic E-state index is 11.5. The zero-order valence-corrected chi connectivity index (χ0v) is 18.6. The molecule has 2 aliphatic heterocycles. The summed E-state index contributed by atoms with van der Waals surface area (Å²) in [5.41, 5.74) is 2.40. The van der Waals surface area contributed by atoms with Crippen LogP contribution in [0.5, 0.6) is 17.4 Å². The summed E-state index contributed by atoms with van der Waals surface area (Å²) in [5, 5.41) is 3.68. The molecule has 3 aromatic rings. The molecule has 1 N–H and O–H groups in total. The first-order valence-corrected chi connectivity index (χ1v) is 11.3. The molecule has 33 heavy (non-hydrogen) atoms. The molecule has 4 heterocycles. The van der Waals surface area contributed by atoms with Gasteiger partial charge in [-0.3, -0.25) is 9.78 Å². The van der Waals surface area contributed by atoms with Gasteiger partial charge in [-0.25, -0.2) is 4.98 Å². The van der Waals surface area contributed by atoms with Crippen LogP contribution in [0.15, 0.2) is 42.6 Å². The van der Waals surface area contributed by atoms with E-state index in [2.05, 4.69) is 10.3 Å². The molecule has 0 unspecified atom stereocenters. The fraction of sp³-hybridized carbons (Fsp3) is 0.400. The third-order valence-corrected chi connectivity index (χ3v) is 6.00. The second-order valence-corrected chi connectivity index (χ2v) is 8.36. The fourth-order valence-corrected chi connectivity index (χ4v) is 4.18. The normalized spacial score (nSPS) is 18.8. The lowest BCUT2D eigenvalue weighted by Crippen LogP contribution is -2.26. The molecule has 2 fully saturated rings. The average Bonchev–Trinajstić information content (AvgIpc) is 3.28. The number of benzene rings is 1. The van der Waals surface area contributed by atoms with E-state index in [4.69, 9.17) is 23.9 Å². The summed E-state index contributed by atoms with van der Waals surface area (Å²) in [5.74, 6) is 2.07. The Bertz CT molecular complexity index is 1150. The lowest BCUT2D eigenvalue weighted by atomic mass is 10.1. The van der Waals surface area contributed by atoms with E-state index in [1.165, 1.54) is 0 Å². The first kappa shape index (κ1) is 21.5. The standard InChI is InChI=1S/C25H27N3O5/c1-30-23-12-17(4-5-22(23)33-18-6-9-31-10-7-18)20-13-21-19(3-2-8-26-21)25(28-20)32-15-16-11-24(29)27-14-16/h2-5,8,12-13,16,18H,6-7,9-11,14-15H2,1H3,(H,27,29)/t16-/m1/s1. The Morgan fingerprint density at radius 3 is 2.82 bits per heavy atom. The summed E-state index contributed by atoms with van der Waals surface area (Å²) in [6.45, 7) is 2.47. The van der Waals surface area contributed by atoms with Gasteiger partial charge in [-0.15, -0.1) is 0 Å². The van der Waals surface area contributed by atoms with Crippen molar-refractivity contribution in [3.05, 3.63) is 42.6 Å². The third-order valence-electron chi connectivity index (χ3n) is 6.00. The van der Waals surface area contributed by atoms with E-state index in [0.29, 0.717) is 50.2 Å². The number of hydrogen-bond donors (Lipinski definition) is 1. The van der Waals surface area contributed by atoms with Crippen molar-refractivity contribution in [2.45, 2.75) is 25.4 Å². The van der Waals surface area contributed by atoms with Crippen LogP contribution in [-0.4, -0.2) is 55.5 Å². The van der Waals surface area contributed by atoms with Crippen molar-refractivity contribution in [1.29, 1.82) is 0 Å². The van der Waals surface area contributed by atoms with E-state index in [1.807, 2.05) is 36.4 Å². The third kappa shape index (κ3) is 4.85. The molecular formula is C25H27N3O5. The lowest BCUT2D eigenvalue weighted by Gasteiger charge is -2.24. The molecule has 1 atom stereocenters. The monoisotopic (exact) mass is 449 g/mol. The van der Waals surface area contributed by atoms with Crippen molar-refractivity contribution < 1.29 is 23.7 Å². The van der Waals surface area contributed by atoms with Crippen molar-refractivity contribution in [1.82, 2.24) is 15.3 Å². The van der Waals surface area contributed by atoms with E-state index < -0.39 is 0 Å². The van der Waals surface area contributed by atoms with Gasteiger partial charge in [0.2, 0.25) is 11.8 Å². The second-order valence-electron chi connectivity index (χ2n) is 8.36. The van der Waals surface area contributed by atoms with Gasteiger partial charge in [-0.1, -0.05) is 0 Å². The predicted molar refractivity (Wildman–Crippen MR) is 123 cm³/mol. The zero-order chi connectivity index (χ0) is 22.6. The minimum atomic E-state index is 0.0620. The van der Waals surface area contributed by atoms with E-state index >= 15 is 0 Å². The second kappa shape index (κ2) is 9.62. The number of carbonyl (C=O) groups excluding carboxylic acids is 1. The summed E-state index contributed by atoms with van der Waals surface area (Å²) < 4.78 is 23.3. The van der Waals surface area contributed by atoms with Crippen LogP contribution in [-0.2, 0) is 9.53 Å². The van der Waals surface area contributed by atoms with Gasteiger partial charge in [0.05, 0.1) is 43.5 Å². The zero-order valence-electron chi connectivity index (χ0n) is 18.6. The topological polar surface area (TPSA) is 91.8 Å². The van der Waals surface area contributed by atoms with Crippen LogP contribution in [0.1, 0.15) is 19.3 Å². The molecule has 0 radical (unpaired) electrons. The number of nitrogens with one attached hydrogen (secondary N) is 1. The van der Waals surface area contributed by atoms with Gasteiger partial charge < -0.3 is 24.3 Å². The molecule has 0 bridgehead atoms. The first-order chi connectivity index (χ1) is 16.2. The number of rotatable bonds is 7. The highest BCUT2D eigenvalue weighted by atomic mass is 16.5. The highest BCUT2D eigenvalue weighted by molar-refractivity contribution is 5.87. The van der Waals surface area contributed by atoms with Gasteiger partial charge in [-0.2, -0.15) is 0 Å². The Morgan fingerprint density at radius 2 is 2.03 bits per heavy atom. The Hall–Kier alpha value is -3.39. The molecule has 0 saturated carbocycles. The van der Waals surface area contributed by atoms with Gasteiger partial charge in [0.25, 0.3) is 0 Å². The molecule has 1 aromatic carbocycles. The Morgan fingerprint density at radius 1 is 1.15 bits per heavy atom. The fourth-order valence-electron chi connectivity index (χ4n) is 4.18. The number of amides is 1. The molecule has 2 saturated heterocycles. The Balaban J connectivity index is 1.43. The van der Waals surface area contributed by atoms with Crippen LogP contribution in [0, 0.1) is 5.92 Å². The number of hydrogen-bond acceptors (Lipinski definition) is 7. The number of fused-ring (bicyclic) bond motifs is 1. The van der Waals surface area contributed by atoms with Crippen molar-refractivity contribution in [3.8, 4) is 28.6 Å². The lowest BCUT2D eigenvalue weighted by molar-refractivity contribution is -0.119. The number of aromatic nitrogens is 2. The van der Waals surface area contributed by atoms with Gasteiger partial charge in [0.15, 0.2) is 11.5 Å². The molecule has 0 spiro atoms. The van der Waals surface area contributed by atoms with E-state index in [0.717, 1.165) is 35.0 Å². The molecule has 2 aliphatic rings. The smallest absolute Gasteiger partial charge is 0.223 e. The van der Waals surface area contributed by atoms with Crippen LogP contribution >= 0.6 is 0 Å². The van der Waals surface area contributed by atoms with E-state index in [-0.39, 0.29) is 17.9 Å². The van der Waals surface area contributed by atoms with Crippen molar-refractivity contribution >= 4 is 16.8 Å². The predicted octanol–water partition coefficient (Wildman–Crippen LogP) is 3.38. The molecule has 8 heteroatoms. The van der Waals surface area contributed by atoms with Crippen LogP contribution in [0.2, 0.25) is 0 Å². The number of carbonyl (C=O) groups is 1. The number of pyridine rings is 2. The summed E-state index contributed by atoms with van der Waals surface area (Å²) in [6, 6.07) is 11.6. The summed E-state index contributed by atoms with van der Waals surface area (Å²) in [4.78, 5) is 20.8. The van der Waals surface area contributed by atoms with Crippen molar-refractivity contribution in [2.24, 2.45) is 5.92 Å². The first-order valence-electron chi connectivity index (χ1n) is 11.3. The SMILES string of the molecule is COc1cc(-c2cc3ncccc3c(OC[C@H]3CNC(=O)C3)n2)ccc1OC1CCOCC1. The largest absolute Gasteiger partial charge is 0.493 e. The summed E-state index contributed by atoms with van der Waals surface area (Å²) >= 11 is 0. The maximum atomic E-state index is 11.5. The van der Waals surface area contributed by atoms with Crippen molar-refractivity contribution in [3.63, 3.8) is 0 Å². The molecule has 2 aromatic heterocycles. The van der Waals surface area contributed by atoms with Gasteiger partial charge in [0, 0.05) is 43.5 Å². The van der Waals surface area contributed by atoms with Gasteiger partial charge in [0.1, 0.15) is 6.10 Å². The molecule has 8 nitrogen and oxygen atoms in total. The van der Waals surface area contributed by atoms with E-state index in [9.17, 15) is 4.79 Å². The Kier molecular flexibility index (Phi) is 6.26. The average molecular weight is 450 g/mol. The molecular weight excluding hydrogens is 422 g/mol. The molecule has 172 valence electrons. The number of methoxy groups -OCH3 is 1. The summed E-state index contributed by atoms with van der Waals surface area (Å²) in [6.07, 6.45) is 4.08. The minimum absolute atomic E-state index is 0.0620.